The van der Waals surface area contributed by atoms with Crippen LogP contribution in [0, 0.1) is 6.92 Å². The van der Waals surface area contributed by atoms with Crippen LogP contribution in [0.25, 0.3) is 0 Å². The second-order valence-corrected chi connectivity index (χ2v) is 9.63. The summed E-state index contributed by atoms with van der Waals surface area (Å²) in [6, 6.07) is 2.19. The fraction of sp³-hybridized carbons (Fsp3) is 0.733. The molecule has 1 fully saturated rings. The van der Waals surface area contributed by atoms with E-state index in [-0.39, 0.29) is 5.54 Å². The molecule has 0 aliphatic heterocycles. The van der Waals surface area contributed by atoms with Crippen LogP contribution < -0.4 is 10.0 Å². The molecule has 1 aromatic heterocycles. The quantitative estimate of drug-likeness (QED) is 0.842. The van der Waals surface area contributed by atoms with Gasteiger partial charge in [-0.15, -0.1) is 11.3 Å². The lowest BCUT2D eigenvalue weighted by atomic mass is 10.0. The van der Waals surface area contributed by atoms with Gasteiger partial charge >= 0.3 is 0 Å². The Kier molecular flexibility index (Phi) is 5.13. The predicted molar refractivity (Wildman–Crippen MR) is 88.2 cm³/mol. The van der Waals surface area contributed by atoms with Crippen molar-refractivity contribution in [1.82, 2.24) is 10.0 Å². The fourth-order valence-corrected chi connectivity index (χ4v) is 5.73. The molecule has 4 nitrogen and oxygen atoms in total. The number of aryl methyl sites for hydroxylation is 1. The molecule has 0 aromatic carbocycles. The fourth-order valence-electron chi connectivity index (χ4n) is 2.73. The largest absolute Gasteiger partial charge is 0.310 e. The van der Waals surface area contributed by atoms with Crippen molar-refractivity contribution in [3.05, 3.63) is 16.5 Å². The van der Waals surface area contributed by atoms with Crippen LogP contribution in [-0.2, 0) is 16.6 Å². The van der Waals surface area contributed by atoms with Crippen molar-refractivity contribution in [2.24, 2.45) is 0 Å². The van der Waals surface area contributed by atoms with Crippen LogP contribution in [0.3, 0.4) is 0 Å². The molecule has 0 saturated heterocycles. The van der Waals surface area contributed by atoms with E-state index in [9.17, 15) is 8.42 Å². The molecular formula is C15H26N2O2S2. The van der Waals surface area contributed by atoms with E-state index in [0.717, 1.165) is 42.7 Å². The summed E-state index contributed by atoms with van der Waals surface area (Å²) in [5.74, 6) is 0. The average molecular weight is 331 g/mol. The second-order valence-electron chi connectivity index (χ2n) is 6.58. The topological polar surface area (TPSA) is 58.2 Å². The number of thiophene rings is 1. The molecule has 1 aromatic rings. The molecule has 21 heavy (non-hydrogen) atoms. The maximum Gasteiger partial charge on any atom is 0.250 e. The summed E-state index contributed by atoms with van der Waals surface area (Å²) in [4.78, 5) is 1.10. The van der Waals surface area contributed by atoms with Crippen LogP contribution in [0.15, 0.2) is 10.3 Å². The number of sulfonamides is 1. The standard InChI is InChI=1S/C15H26N2O2S2/c1-11(2)16-10-13-12(3)9-14(20-13)21(18,19)17-15(4)7-5-6-8-15/h9,11,16-17H,5-8,10H2,1-4H3. The van der Waals surface area contributed by atoms with Crippen molar-refractivity contribution < 1.29 is 8.42 Å². The Morgan fingerprint density at radius 2 is 1.95 bits per heavy atom. The molecule has 0 amide bonds. The molecule has 2 N–H and O–H groups in total. The van der Waals surface area contributed by atoms with Gasteiger partial charge in [0.2, 0.25) is 0 Å². The van der Waals surface area contributed by atoms with Crippen LogP contribution >= 0.6 is 11.3 Å². The smallest absolute Gasteiger partial charge is 0.250 e. The first-order chi connectivity index (χ1) is 9.72. The van der Waals surface area contributed by atoms with E-state index in [0.29, 0.717) is 10.3 Å². The summed E-state index contributed by atoms with van der Waals surface area (Å²) >= 11 is 1.38. The van der Waals surface area contributed by atoms with Gasteiger partial charge in [-0.25, -0.2) is 13.1 Å². The van der Waals surface area contributed by atoms with Crippen LogP contribution in [0.2, 0.25) is 0 Å². The van der Waals surface area contributed by atoms with Gasteiger partial charge in [0, 0.05) is 23.0 Å². The normalized spacial score (nSPS) is 18.5. The summed E-state index contributed by atoms with van der Waals surface area (Å²) in [7, 11) is -3.40. The number of hydrogen-bond donors (Lipinski definition) is 2. The van der Waals surface area contributed by atoms with Crippen molar-refractivity contribution in [1.29, 1.82) is 0 Å². The third-order valence-electron chi connectivity index (χ3n) is 4.02. The zero-order chi connectivity index (χ0) is 15.7. The van der Waals surface area contributed by atoms with Crippen LogP contribution in [0.5, 0.6) is 0 Å². The highest BCUT2D eigenvalue weighted by molar-refractivity contribution is 7.91. The van der Waals surface area contributed by atoms with E-state index in [1.807, 2.05) is 13.8 Å². The zero-order valence-corrected chi connectivity index (χ0v) is 15.0. The molecule has 0 atom stereocenters. The summed E-state index contributed by atoms with van der Waals surface area (Å²) in [6.45, 7) is 8.89. The predicted octanol–water partition coefficient (Wildman–Crippen LogP) is 3.17. The molecule has 0 radical (unpaired) electrons. The lowest BCUT2D eigenvalue weighted by Gasteiger charge is -2.24. The van der Waals surface area contributed by atoms with Gasteiger partial charge in [0.1, 0.15) is 4.21 Å². The monoisotopic (exact) mass is 330 g/mol. The molecule has 0 bridgehead atoms. The molecule has 1 aliphatic rings. The minimum atomic E-state index is -3.40. The van der Waals surface area contributed by atoms with Crippen molar-refractivity contribution in [3.63, 3.8) is 0 Å². The van der Waals surface area contributed by atoms with Gasteiger partial charge in [-0.2, -0.15) is 0 Å². The molecule has 2 rings (SSSR count). The Balaban J connectivity index is 2.15. The Labute approximate surface area is 132 Å². The Hall–Kier alpha value is -0.430. The Morgan fingerprint density at radius 1 is 1.33 bits per heavy atom. The number of rotatable bonds is 6. The molecule has 0 spiro atoms. The van der Waals surface area contributed by atoms with Gasteiger partial charge in [0.05, 0.1) is 0 Å². The molecule has 6 heteroatoms. The van der Waals surface area contributed by atoms with E-state index in [1.165, 1.54) is 11.3 Å². The molecule has 0 unspecified atom stereocenters. The third-order valence-corrected chi connectivity index (χ3v) is 7.37. The molecule has 1 saturated carbocycles. The van der Waals surface area contributed by atoms with E-state index in [1.54, 1.807) is 6.07 Å². The van der Waals surface area contributed by atoms with E-state index < -0.39 is 10.0 Å². The first-order valence-corrected chi connectivity index (χ1v) is 9.88. The molecule has 1 heterocycles. The van der Waals surface area contributed by atoms with Crippen LogP contribution in [-0.4, -0.2) is 20.0 Å². The highest BCUT2D eigenvalue weighted by Gasteiger charge is 2.34. The molecule has 120 valence electrons. The third kappa shape index (κ3) is 4.28. The van der Waals surface area contributed by atoms with E-state index in [2.05, 4.69) is 23.9 Å². The van der Waals surface area contributed by atoms with Crippen molar-refractivity contribution in [3.8, 4) is 0 Å². The van der Waals surface area contributed by atoms with Gasteiger partial charge in [-0.1, -0.05) is 26.7 Å². The van der Waals surface area contributed by atoms with Crippen molar-refractivity contribution in [2.75, 3.05) is 0 Å². The summed E-state index contributed by atoms with van der Waals surface area (Å²) in [6.07, 6.45) is 4.06. The highest BCUT2D eigenvalue weighted by Crippen LogP contribution is 2.32. The molecule has 1 aliphatic carbocycles. The first kappa shape index (κ1) is 16.9. The lowest BCUT2D eigenvalue weighted by Crippen LogP contribution is -2.43. The van der Waals surface area contributed by atoms with Crippen molar-refractivity contribution in [2.45, 2.75) is 75.7 Å². The highest BCUT2D eigenvalue weighted by atomic mass is 32.2. The van der Waals surface area contributed by atoms with Gasteiger partial charge in [-0.05, 0) is 38.3 Å². The van der Waals surface area contributed by atoms with Crippen LogP contribution in [0.4, 0.5) is 0 Å². The van der Waals surface area contributed by atoms with Gasteiger partial charge in [0.25, 0.3) is 10.0 Å². The number of hydrogen-bond acceptors (Lipinski definition) is 4. The summed E-state index contributed by atoms with van der Waals surface area (Å²) < 4.78 is 28.5. The average Bonchev–Trinajstić information content (AvgIpc) is 2.93. The van der Waals surface area contributed by atoms with Crippen molar-refractivity contribution >= 4 is 21.4 Å². The van der Waals surface area contributed by atoms with E-state index in [4.69, 9.17) is 0 Å². The summed E-state index contributed by atoms with van der Waals surface area (Å²) in [5, 5.41) is 3.34. The maximum atomic E-state index is 12.6. The second kappa shape index (κ2) is 6.36. The SMILES string of the molecule is Cc1cc(S(=O)(=O)NC2(C)CCCC2)sc1CNC(C)C. The zero-order valence-electron chi connectivity index (χ0n) is 13.3. The van der Waals surface area contributed by atoms with Gasteiger partial charge < -0.3 is 5.32 Å². The minimum Gasteiger partial charge on any atom is -0.310 e. The maximum absolute atomic E-state index is 12.6. The first-order valence-electron chi connectivity index (χ1n) is 7.58. The van der Waals surface area contributed by atoms with Gasteiger partial charge in [-0.3, -0.25) is 0 Å². The summed E-state index contributed by atoms with van der Waals surface area (Å²) in [5.41, 5.74) is 0.776. The lowest BCUT2D eigenvalue weighted by molar-refractivity contribution is 0.428. The number of nitrogens with one attached hydrogen (secondary N) is 2. The Morgan fingerprint density at radius 3 is 2.52 bits per heavy atom. The van der Waals surface area contributed by atoms with Gasteiger partial charge in [0.15, 0.2) is 0 Å². The Bertz CT molecular complexity index is 585. The van der Waals surface area contributed by atoms with Crippen LogP contribution in [0.1, 0.15) is 56.9 Å². The van der Waals surface area contributed by atoms with E-state index >= 15 is 0 Å². The minimum absolute atomic E-state index is 0.271. The molecular weight excluding hydrogens is 304 g/mol.